The molecule has 1 fully saturated rings. The summed E-state index contributed by atoms with van der Waals surface area (Å²) in [6, 6.07) is 2.74. The molecule has 25 heavy (non-hydrogen) atoms. The monoisotopic (exact) mass is 339 g/mol. The smallest absolute Gasteiger partial charge is 0.142 e. The lowest BCUT2D eigenvalue weighted by Crippen LogP contribution is -2.51. The van der Waals surface area contributed by atoms with Gasteiger partial charge in [-0.3, -0.25) is 4.90 Å². The predicted molar refractivity (Wildman–Crippen MR) is 98.4 cm³/mol. The van der Waals surface area contributed by atoms with Crippen LogP contribution in [0, 0.1) is 5.92 Å². The number of anilines is 1. The highest BCUT2D eigenvalue weighted by Crippen LogP contribution is 2.31. The molecule has 0 spiro atoms. The fourth-order valence-corrected chi connectivity index (χ4v) is 3.91. The highest BCUT2D eigenvalue weighted by Gasteiger charge is 2.33. The van der Waals surface area contributed by atoms with Gasteiger partial charge in [0, 0.05) is 38.2 Å². The molecule has 3 aromatic rings. The molecule has 0 aliphatic carbocycles. The normalized spacial score (nSPS) is 23.0. The van der Waals surface area contributed by atoms with Crippen LogP contribution in [0.5, 0.6) is 0 Å². The van der Waals surface area contributed by atoms with Crippen LogP contribution in [0.2, 0.25) is 0 Å². The zero-order valence-electron chi connectivity index (χ0n) is 15.0. The second kappa shape index (κ2) is 6.48. The number of nitrogens with zero attached hydrogens (tertiary/aromatic N) is 5. The molecule has 4 heterocycles. The van der Waals surface area contributed by atoms with Gasteiger partial charge in [-0.15, -0.1) is 0 Å². The van der Waals surface area contributed by atoms with Crippen LogP contribution in [0.15, 0.2) is 31.0 Å². The Hall–Kier alpha value is -2.41. The quantitative estimate of drug-likeness (QED) is 0.764. The van der Waals surface area contributed by atoms with E-state index in [1.807, 2.05) is 18.6 Å². The van der Waals surface area contributed by atoms with Crippen LogP contribution in [0.4, 0.5) is 5.82 Å². The maximum Gasteiger partial charge on any atom is 0.142 e. The van der Waals surface area contributed by atoms with Crippen LogP contribution in [0.25, 0.3) is 11.0 Å². The first-order valence-corrected chi connectivity index (χ1v) is 8.89. The largest absolute Gasteiger partial charge is 0.354 e. The van der Waals surface area contributed by atoms with E-state index in [0.717, 1.165) is 35.8 Å². The number of imidazole rings is 1. The number of H-pyrrole nitrogens is 2. The Labute approximate surface area is 147 Å². The molecule has 7 nitrogen and oxygen atoms in total. The number of likely N-dealkylation sites (tertiary alicyclic amines) is 1. The number of aromatic nitrogens is 5. The number of aromatic amines is 2. The molecule has 3 atom stereocenters. The van der Waals surface area contributed by atoms with Crippen molar-refractivity contribution in [3.05, 3.63) is 36.8 Å². The molecular formula is C18H25N7. The molecule has 3 aromatic heterocycles. The van der Waals surface area contributed by atoms with Gasteiger partial charge < -0.3 is 14.9 Å². The van der Waals surface area contributed by atoms with Crippen molar-refractivity contribution in [3.63, 3.8) is 0 Å². The first-order valence-electron chi connectivity index (χ1n) is 8.89. The Morgan fingerprint density at radius 3 is 2.92 bits per heavy atom. The third kappa shape index (κ3) is 2.89. The van der Waals surface area contributed by atoms with Crippen molar-refractivity contribution in [1.82, 2.24) is 29.8 Å². The molecular weight excluding hydrogens is 314 g/mol. The van der Waals surface area contributed by atoms with E-state index in [2.05, 4.69) is 61.7 Å². The Morgan fingerprint density at radius 1 is 1.24 bits per heavy atom. The number of fused-ring (bicyclic) bond motifs is 1. The highest BCUT2D eigenvalue weighted by molar-refractivity contribution is 5.87. The van der Waals surface area contributed by atoms with Gasteiger partial charge in [0.2, 0.25) is 0 Å². The van der Waals surface area contributed by atoms with Gasteiger partial charge >= 0.3 is 0 Å². The van der Waals surface area contributed by atoms with Crippen LogP contribution < -0.4 is 4.90 Å². The van der Waals surface area contributed by atoms with Gasteiger partial charge in [0.15, 0.2) is 0 Å². The Morgan fingerprint density at radius 2 is 2.12 bits per heavy atom. The van der Waals surface area contributed by atoms with Crippen molar-refractivity contribution in [2.24, 2.45) is 5.92 Å². The third-order valence-electron chi connectivity index (χ3n) is 5.58. The molecule has 0 radical (unpaired) electrons. The average molecular weight is 339 g/mol. The molecule has 1 aliphatic heterocycles. The van der Waals surface area contributed by atoms with Gasteiger partial charge in [-0.05, 0) is 31.9 Å². The number of hydrogen-bond acceptors (Lipinski definition) is 5. The molecule has 4 rings (SSSR count). The maximum absolute atomic E-state index is 4.57. The zero-order valence-corrected chi connectivity index (χ0v) is 15.0. The topological polar surface area (TPSA) is 76.7 Å². The summed E-state index contributed by atoms with van der Waals surface area (Å²) in [4.78, 5) is 24.6. The van der Waals surface area contributed by atoms with Gasteiger partial charge in [-0.1, -0.05) is 6.92 Å². The van der Waals surface area contributed by atoms with E-state index < -0.39 is 0 Å². The van der Waals surface area contributed by atoms with Gasteiger partial charge in [0.05, 0.1) is 11.4 Å². The first-order chi connectivity index (χ1) is 12.1. The van der Waals surface area contributed by atoms with E-state index in [1.54, 1.807) is 6.33 Å². The second-order valence-corrected chi connectivity index (χ2v) is 7.03. The lowest BCUT2D eigenvalue weighted by Gasteiger charge is -2.44. The minimum atomic E-state index is 0.288. The first kappa shape index (κ1) is 16.1. The predicted octanol–water partition coefficient (Wildman–Crippen LogP) is 2.59. The molecule has 3 unspecified atom stereocenters. The summed E-state index contributed by atoms with van der Waals surface area (Å²) in [5, 5.41) is 1.08. The van der Waals surface area contributed by atoms with Crippen LogP contribution >= 0.6 is 0 Å². The van der Waals surface area contributed by atoms with Gasteiger partial charge in [-0.25, -0.2) is 15.0 Å². The van der Waals surface area contributed by atoms with Crippen molar-refractivity contribution in [2.75, 3.05) is 25.0 Å². The Kier molecular flexibility index (Phi) is 4.17. The summed E-state index contributed by atoms with van der Waals surface area (Å²) in [6.45, 7) is 6.65. The van der Waals surface area contributed by atoms with Crippen LogP contribution in [0.1, 0.15) is 32.1 Å². The van der Waals surface area contributed by atoms with E-state index in [9.17, 15) is 0 Å². The molecule has 0 amide bonds. The minimum Gasteiger partial charge on any atom is -0.354 e. The van der Waals surface area contributed by atoms with Crippen molar-refractivity contribution >= 4 is 16.9 Å². The van der Waals surface area contributed by atoms with E-state index in [0.29, 0.717) is 12.0 Å². The SMILES string of the molecule is CC1CCN(C(C)c2ncc[nH]2)CC1N(C)c1ncnc2[nH]ccc12. The summed E-state index contributed by atoms with van der Waals surface area (Å²) in [5.74, 6) is 2.63. The van der Waals surface area contributed by atoms with E-state index in [-0.39, 0.29) is 6.04 Å². The number of hydrogen-bond donors (Lipinski definition) is 2. The van der Waals surface area contributed by atoms with Crippen molar-refractivity contribution < 1.29 is 0 Å². The van der Waals surface area contributed by atoms with Gasteiger partial charge in [-0.2, -0.15) is 0 Å². The van der Waals surface area contributed by atoms with Crippen molar-refractivity contribution in [3.8, 4) is 0 Å². The third-order valence-corrected chi connectivity index (χ3v) is 5.58. The van der Waals surface area contributed by atoms with Gasteiger partial charge in [0.1, 0.15) is 23.6 Å². The molecule has 2 N–H and O–H groups in total. The maximum atomic E-state index is 4.57. The fourth-order valence-electron chi connectivity index (χ4n) is 3.91. The Bertz CT molecular complexity index is 825. The van der Waals surface area contributed by atoms with Crippen LogP contribution in [-0.2, 0) is 0 Å². The van der Waals surface area contributed by atoms with Crippen molar-refractivity contribution in [2.45, 2.75) is 32.4 Å². The standard InChI is InChI=1S/C18H25N7/c1-12-5-9-25(13(2)16-20-7-8-21-16)10-15(12)24(3)18-14-4-6-19-17(14)22-11-23-18/h4,6-8,11-13,15H,5,9-10H2,1-3H3,(H,20,21)(H,19,22,23). The molecule has 0 aromatic carbocycles. The summed E-state index contributed by atoms with van der Waals surface area (Å²) < 4.78 is 0. The lowest BCUT2D eigenvalue weighted by atomic mass is 9.91. The highest BCUT2D eigenvalue weighted by atomic mass is 15.3. The Balaban J connectivity index is 1.58. The number of piperidine rings is 1. The molecule has 132 valence electrons. The lowest BCUT2D eigenvalue weighted by molar-refractivity contribution is 0.122. The average Bonchev–Trinajstić information content (AvgIpc) is 3.32. The second-order valence-electron chi connectivity index (χ2n) is 7.03. The van der Waals surface area contributed by atoms with E-state index in [1.165, 1.54) is 6.42 Å². The van der Waals surface area contributed by atoms with E-state index >= 15 is 0 Å². The minimum absolute atomic E-state index is 0.288. The fraction of sp³-hybridized carbons (Fsp3) is 0.500. The number of rotatable bonds is 4. The summed E-state index contributed by atoms with van der Waals surface area (Å²) >= 11 is 0. The van der Waals surface area contributed by atoms with Crippen LogP contribution in [0.3, 0.4) is 0 Å². The van der Waals surface area contributed by atoms with Crippen LogP contribution in [-0.4, -0.2) is 56.0 Å². The number of nitrogens with one attached hydrogen (secondary N) is 2. The summed E-state index contributed by atoms with van der Waals surface area (Å²) in [6.07, 6.45) is 8.45. The number of likely N-dealkylation sites (N-methyl/N-ethyl adjacent to an activating group) is 1. The molecule has 0 saturated carbocycles. The van der Waals surface area contributed by atoms with E-state index in [4.69, 9.17) is 0 Å². The molecule has 7 heteroatoms. The zero-order chi connectivity index (χ0) is 17.4. The molecule has 1 saturated heterocycles. The summed E-state index contributed by atoms with van der Waals surface area (Å²) in [5.41, 5.74) is 0.890. The molecule has 0 bridgehead atoms. The molecule has 1 aliphatic rings. The van der Waals surface area contributed by atoms with Gasteiger partial charge in [0.25, 0.3) is 0 Å². The van der Waals surface area contributed by atoms with Crippen molar-refractivity contribution in [1.29, 1.82) is 0 Å². The summed E-state index contributed by atoms with van der Waals surface area (Å²) in [7, 11) is 2.15.